The monoisotopic (exact) mass is 146 g/mol. The van der Waals surface area contributed by atoms with Gasteiger partial charge in [-0.2, -0.15) is 0 Å². The largest absolute Gasteiger partial charge is 0.390 e. The Balaban J connectivity index is 2.43. The third-order valence-corrected chi connectivity index (χ3v) is 1.52. The normalized spacial score (nSPS) is 40.0. The Morgan fingerprint density at radius 3 is 2.80 bits per heavy atom. The van der Waals surface area contributed by atoms with Gasteiger partial charge in [0.2, 0.25) is 0 Å². The molecule has 2 unspecified atom stereocenters. The Bertz CT molecular complexity index is 125. The molecule has 1 fully saturated rings. The highest BCUT2D eigenvalue weighted by Crippen LogP contribution is 2.18. The van der Waals surface area contributed by atoms with E-state index in [4.69, 9.17) is 14.6 Å². The lowest BCUT2D eigenvalue weighted by molar-refractivity contribution is -0.138. The summed E-state index contributed by atoms with van der Waals surface area (Å²) in [7, 11) is 1.48. The molecule has 0 spiro atoms. The summed E-state index contributed by atoms with van der Waals surface area (Å²) in [6, 6.07) is 0. The van der Waals surface area contributed by atoms with Crippen molar-refractivity contribution in [3.05, 3.63) is 0 Å². The standard InChI is InChI=1S/C6H10O4/c1-9-6-2-4(8)5(3-7)10-6/h3-6,8H,2H2,1H3/t4?,5-,6?/m1/s1. The fraction of sp³-hybridized carbons (Fsp3) is 0.833. The minimum Gasteiger partial charge on any atom is -0.390 e. The van der Waals surface area contributed by atoms with Crippen LogP contribution in [-0.2, 0) is 14.3 Å². The van der Waals surface area contributed by atoms with Crippen LogP contribution in [-0.4, -0.2) is 37.0 Å². The molecule has 1 aliphatic heterocycles. The van der Waals surface area contributed by atoms with Gasteiger partial charge in [0.1, 0.15) is 6.10 Å². The van der Waals surface area contributed by atoms with Crippen LogP contribution in [0.3, 0.4) is 0 Å². The van der Waals surface area contributed by atoms with Crippen molar-refractivity contribution >= 4 is 6.29 Å². The first-order valence-corrected chi connectivity index (χ1v) is 3.09. The SMILES string of the molecule is COC1CC(O)[C@@H](C=O)O1. The molecule has 1 rings (SSSR count). The highest BCUT2D eigenvalue weighted by atomic mass is 16.7. The number of hydrogen-bond acceptors (Lipinski definition) is 4. The molecule has 3 atom stereocenters. The molecule has 1 N–H and O–H groups in total. The highest BCUT2D eigenvalue weighted by molar-refractivity contribution is 5.57. The van der Waals surface area contributed by atoms with Crippen LogP contribution in [0.1, 0.15) is 6.42 Å². The minimum absolute atomic E-state index is 0.375. The van der Waals surface area contributed by atoms with Crippen LogP contribution >= 0.6 is 0 Å². The van der Waals surface area contributed by atoms with Crippen LogP contribution in [0.4, 0.5) is 0 Å². The average molecular weight is 146 g/mol. The number of hydrogen-bond donors (Lipinski definition) is 1. The molecule has 0 bridgehead atoms. The number of ether oxygens (including phenoxy) is 2. The fourth-order valence-electron chi connectivity index (χ4n) is 0.927. The van der Waals surface area contributed by atoms with Gasteiger partial charge in [-0.3, -0.25) is 0 Å². The smallest absolute Gasteiger partial charge is 0.160 e. The number of aliphatic hydroxyl groups excluding tert-OH is 1. The summed E-state index contributed by atoms with van der Waals surface area (Å²) < 4.78 is 9.70. The summed E-state index contributed by atoms with van der Waals surface area (Å²) in [5, 5.41) is 9.05. The first-order chi connectivity index (χ1) is 4.77. The van der Waals surface area contributed by atoms with Gasteiger partial charge in [0, 0.05) is 13.5 Å². The van der Waals surface area contributed by atoms with Crippen molar-refractivity contribution < 1.29 is 19.4 Å². The third-order valence-electron chi connectivity index (χ3n) is 1.52. The molecule has 0 aromatic carbocycles. The zero-order chi connectivity index (χ0) is 7.56. The molecule has 1 aliphatic rings. The zero-order valence-corrected chi connectivity index (χ0v) is 5.69. The maximum Gasteiger partial charge on any atom is 0.160 e. The summed E-state index contributed by atoms with van der Waals surface area (Å²) in [5.74, 6) is 0. The van der Waals surface area contributed by atoms with Crippen LogP contribution in [0.2, 0.25) is 0 Å². The molecule has 0 aromatic heterocycles. The van der Waals surface area contributed by atoms with Crippen molar-refractivity contribution in [1.82, 2.24) is 0 Å². The Morgan fingerprint density at radius 1 is 1.80 bits per heavy atom. The van der Waals surface area contributed by atoms with E-state index in [1.165, 1.54) is 7.11 Å². The van der Waals surface area contributed by atoms with Crippen molar-refractivity contribution in [1.29, 1.82) is 0 Å². The summed E-state index contributed by atoms with van der Waals surface area (Å²) in [4.78, 5) is 10.1. The summed E-state index contributed by atoms with van der Waals surface area (Å²) in [6.45, 7) is 0. The van der Waals surface area contributed by atoms with Crippen molar-refractivity contribution in [2.75, 3.05) is 7.11 Å². The molecule has 0 amide bonds. The van der Waals surface area contributed by atoms with Crippen LogP contribution in [0, 0.1) is 0 Å². The van der Waals surface area contributed by atoms with Gasteiger partial charge in [-0.25, -0.2) is 0 Å². The number of methoxy groups -OCH3 is 1. The number of carbonyl (C=O) groups is 1. The summed E-state index contributed by atoms with van der Waals surface area (Å²) in [6.07, 6.45) is -0.874. The number of aliphatic hydroxyl groups is 1. The van der Waals surface area contributed by atoms with Gasteiger partial charge in [0.15, 0.2) is 12.6 Å². The Morgan fingerprint density at radius 2 is 2.50 bits per heavy atom. The van der Waals surface area contributed by atoms with Crippen LogP contribution in [0.5, 0.6) is 0 Å². The van der Waals surface area contributed by atoms with Crippen LogP contribution in [0.15, 0.2) is 0 Å². The predicted octanol–water partition coefficient (Wildman–Crippen LogP) is -0.692. The van der Waals surface area contributed by atoms with E-state index in [1.807, 2.05) is 0 Å². The van der Waals surface area contributed by atoms with Gasteiger partial charge in [0.25, 0.3) is 0 Å². The van der Waals surface area contributed by atoms with Crippen molar-refractivity contribution in [2.24, 2.45) is 0 Å². The maximum absolute atomic E-state index is 10.1. The van der Waals surface area contributed by atoms with Crippen LogP contribution in [0.25, 0.3) is 0 Å². The van der Waals surface area contributed by atoms with Crippen molar-refractivity contribution in [3.8, 4) is 0 Å². The zero-order valence-electron chi connectivity index (χ0n) is 5.69. The molecule has 1 saturated heterocycles. The average Bonchev–Trinajstić information content (AvgIpc) is 2.30. The summed E-state index contributed by atoms with van der Waals surface area (Å²) >= 11 is 0. The Kier molecular flexibility index (Phi) is 2.37. The lowest BCUT2D eigenvalue weighted by atomic mass is 10.2. The lowest BCUT2D eigenvalue weighted by Crippen LogP contribution is -2.21. The van der Waals surface area contributed by atoms with Gasteiger partial charge in [0.05, 0.1) is 6.10 Å². The van der Waals surface area contributed by atoms with E-state index in [9.17, 15) is 4.79 Å². The van der Waals surface area contributed by atoms with E-state index in [2.05, 4.69) is 0 Å². The quantitative estimate of drug-likeness (QED) is 0.524. The predicted molar refractivity (Wildman–Crippen MR) is 32.4 cm³/mol. The summed E-state index contributed by atoms with van der Waals surface area (Å²) in [5.41, 5.74) is 0. The maximum atomic E-state index is 10.1. The lowest BCUT2D eigenvalue weighted by Gasteiger charge is -2.05. The van der Waals surface area contributed by atoms with Gasteiger partial charge in [-0.15, -0.1) is 0 Å². The molecule has 1 heterocycles. The van der Waals surface area contributed by atoms with Gasteiger partial charge < -0.3 is 19.4 Å². The van der Waals surface area contributed by atoms with Gasteiger partial charge in [-0.05, 0) is 0 Å². The van der Waals surface area contributed by atoms with Crippen molar-refractivity contribution in [3.63, 3.8) is 0 Å². The van der Waals surface area contributed by atoms with Gasteiger partial charge in [-0.1, -0.05) is 0 Å². The Hall–Kier alpha value is -0.450. The molecule has 0 aromatic rings. The first-order valence-electron chi connectivity index (χ1n) is 3.09. The Labute approximate surface area is 58.7 Å². The molecule has 0 radical (unpaired) electrons. The molecular formula is C6H10O4. The molecule has 4 heteroatoms. The van der Waals surface area contributed by atoms with E-state index in [-0.39, 0.29) is 0 Å². The fourth-order valence-corrected chi connectivity index (χ4v) is 0.927. The van der Waals surface area contributed by atoms with Crippen molar-refractivity contribution in [2.45, 2.75) is 24.9 Å². The molecule has 0 aliphatic carbocycles. The number of rotatable bonds is 2. The highest BCUT2D eigenvalue weighted by Gasteiger charge is 2.33. The van der Waals surface area contributed by atoms with E-state index in [0.29, 0.717) is 12.7 Å². The number of aldehydes is 1. The number of carbonyl (C=O) groups excluding carboxylic acids is 1. The topological polar surface area (TPSA) is 55.8 Å². The first kappa shape index (κ1) is 7.65. The second kappa shape index (κ2) is 3.09. The second-order valence-corrected chi connectivity index (χ2v) is 2.21. The minimum atomic E-state index is -0.706. The van der Waals surface area contributed by atoms with E-state index >= 15 is 0 Å². The molecule has 4 nitrogen and oxygen atoms in total. The van der Waals surface area contributed by atoms with Crippen LogP contribution < -0.4 is 0 Å². The molecular weight excluding hydrogens is 136 g/mol. The van der Waals surface area contributed by atoms with E-state index < -0.39 is 18.5 Å². The molecule has 58 valence electrons. The molecule has 0 saturated carbocycles. The van der Waals surface area contributed by atoms with Gasteiger partial charge >= 0.3 is 0 Å². The van der Waals surface area contributed by atoms with E-state index in [1.54, 1.807) is 0 Å². The third kappa shape index (κ3) is 1.34. The second-order valence-electron chi connectivity index (χ2n) is 2.21. The van der Waals surface area contributed by atoms with E-state index in [0.717, 1.165) is 0 Å². The molecule has 10 heavy (non-hydrogen) atoms.